The van der Waals surface area contributed by atoms with E-state index in [1.54, 1.807) is 12.1 Å². The van der Waals surface area contributed by atoms with Crippen molar-refractivity contribution in [3.8, 4) is 0 Å². The minimum Gasteiger partial charge on any atom is -0.379 e. The van der Waals surface area contributed by atoms with Gasteiger partial charge in [0.15, 0.2) is 0 Å². The van der Waals surface area contributed by atoms with Crippen molar-refractivity contribution < 1.29 is 14.3 Å². The number of rotatable bonds is 3. The summed E-state index contributed by atoms with van der Waals surface area (Å²) in [5, 5.41) is 3.30. The monoisotopic (exact) mass is 261 g/mol. The fourth-order valence-electron chi connectivity index (χ4n) is 2.41. The van der Waals surface area contributed by atoms with Gasteiger partial charge in [-0.3, -0.25) is 19.5 Å². The predicted molar refractivity (Wildman–Crippen MR) is 66.8 cm³/mol. The molecule has 19 heavy (non-hydrogen) atoms. The molecule has 1 aromatic rings. The highest BCUT2D eigenvalue weighted by molar-refractivity contribution is 6.20. The zero-order valence-electron chi connectivity index (χ0n) is 10.5. The van der Waals surface area contributed by atoms with Crippen LogP contribution in [0.15, 0.2) is 18.3 Å². The number of fused-ring (bicyclic) bond motifs is 1. The van der Waals surface area contributed by atoms with Crippen LogP contribution >= 0.6 is 0 Å². The second-order valence-corrected chi connectivity index (χ2v) is 4.68. The van der Waals surface area contributed by atoms with E-state index in [2.05, 4.69) is 10.3 Å². The maximum Gasteiger partial charge on any atom is 0.280 e. The lowest BCUT2D eigenvalue weighted by molar-refractivity contribution is 0.0572. The minimum atomic E-state index is -0.294. The average molecular weight is 261 g/mol. The van der Waals surface area contributed by atoms with Gasteiger partial charge in [0, 0.05) is 25.3 Å². The molecule has 3 rings (SSSR count). The first-order valence-electron chi connectivity index (χ1n) is 6.39. The van der Waals surface area contributed by atoms with E-state index in [9.17, 15) is 9.59 Å². The van der Waals surface area contributed by atoms with E-state index >= 15 is 0 Å². The Bertz CT molecular complexity index is 477. The lowest BCUT2D eigenvalue weighted by Crippen LogP contribution is -2.44. The van der Waals surface area contributed by atoms with Crippen molar-refractivity contribution in [2.75, 3.05) is 26.3 Å². The highest BCUT2D eigenvalue weighted by Crippen LogP contribution is 2.20. The molecule has 2 aliphatic heterocycles. The van der Waals surface area contributed by atoms with Crippen LogP contribution in [0.2, 0.25) is 0 Å². The summed E-state index contributed by atoms with van der Waals surface area (Å²) in [6.07, 6.45) is 2.23. The average Bonchev–Trinajstić information content (AvgIpc) is 2.71. The number of hydrogen-bond donors (Lipinski definition) is 1. The molecule has 0 bridgehead atoms. The number of morpholine rings is 1. The van der Waals surface area contributed by atoms with Crippen molar-refractivity contribution in [3.63, 3.8) is 0 Å². The fraction of sp³-hybridized carbons (Fsp3) is 0.462. The molecule has 2 aliphatic rings. The van der Waals surface area contributed by atoms with E-state index < -0.39 is 0 Å². The number of ether oxygens (including phenoxy) is 1. The molecule has 1 N–H and O–H groups in total. The number of carbonyl (C=O) groups excluding carboxylic acids is 2. The predicted octanol–water partition coefficient (Wildman–Crippen LogP) is 0.0561. The molecule has 0 spiro atoms. The molecule has 1 unspecified atom stereocenters. The molecular weight excluding hydrogens is 246 g/mol. The molecule has 100 valence electrons. The molecule has 6 heteroatoms. The maximum absolute atomic E-state index is 12.1. The van der Waals surface area contributed by atoms with Gasteiger partial charge in [0.05, 0.1) is 18.8 Å². The molecule has 0 aromatic carbocycles. The van der Waals surface area contributed by atoms with Gasteiger partial charge in [0.1, 0.15) is 5.69 Å². The molecule has 0 aliphatic carbocycles. The molecule has 6 nitrogen and oxygen atoms in total. The number of nitrogens with one attached hydrogen (secondary N) is 1. The van der Waals surface area contributed by atoms with Gasteiger partial charge >= 0.3 is 0 Å². The van der Waals surface area contributed by atoms with Crippen LogP contribution in [0.3, 0.4) is 0 Å². The molecule has 3 heterocycles. The van der Waals surface area contributed by atoms with E-state index in [1.165, 1.54) is 11.1 Å². The van der Waals surface area contributed by atoms with Gasteiger partial charge in [-0.2, -0.15) is 0 Å². The molecule has 1 atom stereocenters. The zero-order valence-corrected chi connectivity index (χ0v) is 10.5. The molecule has 2 amide bonds. The molecule has 1 saturated heterocycles. The Morgan fingerprint density at radius 1 is 1.42 bits per heavy atom. The normalized spacial score (nSPS) is 22.7. The van der Waals surface area contributed by atoms with Gasteiger partial charge in [-0.05, 0) is 18.6 Å². The summed E-state index contributed by atoms with van der Waals surface area (Å²) < 4.78 is 5.35. The van der Waals surface area contributed by atoms with E-state index in [4.69, 9.17) is 4.74 Å². The quantitative estimate of drug-likeness (QED) is 0.779. The highest BCUT2D eigenvalue weighted by atomic mass is 16.5. The first-order chi connectivity index (χ1) is 9.27. The van der Waals surface area contributed by atoms with Crippen LogP contribution < -0.4 is 5.32 Å². The summed E-state index contributed by atoms with van der Waals surface area (Å²) in [5.41, 5.74) is 0.667. The maximum atomic E-state index is 12.1. The lowest BCUT2D eigenvalue weighted by Gasteiger charge is -2.25. The Labute approximate surface area is 110 Å². The van der Waals surface area contributed by atoms with Gasteiger partial charge in [-0.1, -0.05) is 0 Å². The third-order valence-corrected chi connectivity index (χ3v) is 3.43. The molecule has 1 fully saturated rings. The zero-order chi connectivity index (χ0) is 13.2. The Kier molecular flexibility index (Phi) is 3.27. The van der Waals surface area contributed by atoms with Crippen LogP contribution in [-0.2, 0) is 4.74 Å². The van der Waals surface area contributed by atoms with Gasteiger partial charge in [-0.25, -0.2) is 0 Å². The highest BCUT2D eigenvalue weighted by Gasteiger charge is 2.36. The van der Waals surface area contributed by atoms with Crippen LogP contribution in [0.25, 0.3) is 0 Å². The van der Waals surface area contributed by atoms with Crippen LogP contribution in [-0.4, -0.2) is 54.0 Å². The fourth-order valence-corrected chi connectivity index (χ4v) is 2.41. The van der Waals surface area contributed by atoms with Crippen molar-refractivity contribution in [1.82, 2.24) is 15.2 Å². The van der Waals surface area contributed by atoms with Crippen molar-refractivity contribution in [3.05, 3.63) is 29.6 Å². The number of nitrogens with zero attached hydrogens (tertiary/aromatic N) is 2. The summed E-state index contributed by atoms with van der Waals surface area (Å²) in [6, 6.07) is 3.51. The van der Waals surface area contributed by atoms with Crippen molar-refractivity contribution in [2.45, 2.75) is 12.5 Å². The molecule has 1 aromatic heterocycles. The number of pyridine rings is 1. The summed E-state index contributed by atoms with van der Waals surface area (Å²) in [7, 11) is 0. The Balaban J connectivity index is 1.67. The number of hydrogen-bond acceptors (Lipinski definition) is 5. The molecular formula is C13H15N3O3. The Morgan fingerprint density at radius 3 is 3.05 bits per heavy atom. The first-order valence-corrected chi connectivity index (χ1v) is 6.39. The van der Waals surface area contributed by atoms with Crippen LogP contribution in [0, 0.1) is 0 Å². The smallest absolute Gasteiger partial charge is 0.280 e. The first kappa shape index (κ1) is 12.3. The Morgan fingerprint density at radius 2 is 2.32 bits per heavy atom. The number of aromatic nitrogens is 1. The van der Waals surface area contributed by atoms with Crippen LogP contribution in [0.1, 0.15) is 27.3 Å². The summed E-state index contributed by atoms with van der Waals surface area (Å²) in [5.74, 6) is -0.540. The van der Waals surface area contributed by atoms with E-state index in [-0.39, 0.29) is 23.6 Å². The van der Waals surface area contributed by atoms with Crippen LogP contribution in [0.5, 0.6) is 0 Å². The van der Waals surface area contributed by atoms with Gasteiger partial charge < -0.3 is 10.1 Å². The second-order valence-electron chi connectivity index (χ2n) is 4.68. The van der Waals surface area contributed by atoms with Crippen molar-refractivity contribution in [2.24, 2.45) is 0 Å². The summed E-state index contributed by atoms with van der Waals surface area (Å²) >= 11 is 0. The van der Waals surface area contributed by atoms with Gasteiger partial charge in [-0.15, -0.1) is 0 Å². The van der Waals surface area contributed by atoms with Crippen molar-refractivity contribution in [1.29, 1.82) is 0 Å². The van der Waals surface area contributed by atoms with E-state index in [0.29, 0.717) is 31.7 Å². The second kappa shape index (κ2) is 5.07. The largest absolute Gasteiger partial charge is 0.379 e. The van der Waals surface area contributed by atoms with E-state index in [1.807, 2.05) is 0 Å². The Hall–Kier alpha value is -1.79. The third-order valence-electron chi connectivity index (χ3n) is 3.43. The molecule has 0 radical (unpaired) electrons. The topological polar surface area (TPSA) is 71.5 Å². The van der Waals surface area contributed by atoms with Crippen molar-refractivity contribution >= 4 is 11.8 Å². The third kappa shape index (κ3) is 2.24. The summed E-state index contributed by atoms with van der Waals surface area (Å²) in [6.45, 7) is 2.55. The SMILES string of the molecule is O=C1c2cccnc2C(=O)N1CCC1COCCN1. The lowest BCUT2D eigenvalue weighted by atomic mass is 10.2. The van der Waals surface area contributed by atoms with E-state index in [0.717, 1.165) is 6.54 Å². The van der Waals surface area contributed by atoms with Gasteiger partial charge in [0.2, 0.25) is 0 Å². The number of imide groups is 1. The minimum absolute atomic E-state index is 0.200. The van der Waals surface area contributed by atoms with Gasteiger partial charge in [0.25, 0.3) is 11.8 Å². The number of carbonyl (C=O) groups is 2. The number of amides is 2. The van der Waals surface area contributed by atoms with Crippen LogP contribution in [0.4, 0.5) is 0 Å². The standard InChI is InChI=1S/C13H15N3O3/c17-12-10-2-1-4-15-11(10)13(18)16(12)6-3-9-8-19-7-5-14-9/h1-2,4,9,14H,3,5-8H2. The summed E-state index contributed by atoms with van der Waals surface area (Å²) in [4.78, 5) is 29.4. The molecule has 0 saturated carbocycles.